The molecular weight excluding hydrogens is 403 g/mol. The minimum atomic E-state index is -0.653. The van der Waals surface area contributed by atoms with E-state index in [0.717, 1.165) is 10.6 Å². The zero-order valence-electron chi connectivity index (χ0n) is 14.7. The number of nitrogens with zero attached hydrogens (tertiary/aromatic N) is 2. The molecule has 3 aromatic heterocycles. The van der Waals surface area contributed by atoms with Crippen LogP contribution in [0.4, 0.5) is 4.39 Å². The Hall–Kier alpha value is -2.90. The lowest BCUT2D eigenvalue weighted by Crippen LogP contribution is -2.08. The summed E-state index contributed by atoms with van der Waals surface area (Å²) in [6, 6.07) is 10.0. The zero-order chi connectivity index (χ0) is 19.7. The third-order valence-corrected chi connectivity index (χ3v) is 5.40. The van der Waals surface area contributed by atoms with Crippen LogP contribution in [-0.4, -0.2) is 15.7 Å². The first-order valence-corrected chi connectivity index (χ1v) is 9.59. The quantitative estimate of drug-likeness (QED) is 0.394. The maximum atomic E-state index is 14.3. The molecule has 142 valence electrons. The molecule has 0 atom stereocenters. The highest BCUT2D eigenvalue weighted by atomic mass is 35.5. The number of carbonyl (C=O) groups excluding carboxylic acids is 1. The molecule has 0 aliphatic carbocycles. The summed E-state index contributed by atoms with van der Waals surface area (Å²) in [6.45, 7) is 1.64. The smallest absolute Gasteiger partial charge is 0.344 e. The van der Waals surface area contributed by atoms with Crippen molar-refractivity contribution < 1.29 is 18.4 Å². The summed E-state index contributed by atoms with van der Waals surface area (Å²) in [5.41, 5.74) is 1.04. The van der Waals surface area contributed by atoms with Crippen molar-refractivity contribution in [3.63, 3.8) is 0 Å². The van der Waals surface area contributed by atoms with Gasteiger partial charge >= 0.3 is 5.97 Å². The standard InChI is InChI=1S/C20H14ClFN2O3S/c1-12-17(19(23-27-12)18-13(21)5-4-6-14(18)22)20(25)26-11-16-15(7-10-28-16)24-8-2-3-9-24/h2-10H,11H2,1H3. The zero-order valence-corrected chi connectivity index (χ0v) is 16.3. The van der Waals surface area contributed by atoms with E-state index < -0.39 is 11.8 Å². The molecule has 0 fully saturated rings. The van der Waals surface area contributed by atoms with Crippen LogP contribution in [0.15, 0.2) is 58.7 Å². The Balaban J connectivity index is 1.61. The Morgan fingerprint density at radius 2 is 2.07 bits per heavy atom. The highest BCUT2D eigenvalue weighted by molar-refractivity contribution is 7.10. The predicted octanol–water partition coefficient (Wildman–Crippen LogP) is 5.65. The van der Waals surface area contributed by atoms with E-state index in [4.69, 9.17) is 20.9 Å². The number of carbonyl (C=O) groups is 1. The second-order valence-corrected chi connectivity index (χ2v) is 7.36. The van der Waals surface area contributed by atoms with E-state index in [-0.39, 0.29) is 34.2 Å². The minimum absolute atomic E-state index is 0.0112. The number of hydrogen-bond acceptors (Lipinski definition) is 5. The Kier molecular flexibility index (Phi) is 5.02. The van der Waals surface area contributed by atoms with E-state index in [2.05, 4.69) is 5.16 Å². The van der Waals surface area contributed by atoms with Gasteiger partial charge in [-0.1, -0.05) is 22.8 Å². The number of rotatable bonds is 5. The number of thiophene rings is 1. The van der Waals surface area contributed by atoms with Crippen molar-refractivity contribution in [2.75, 3.05) is 0 Å². The monoisotopic (exact) mass is 416 g/mol. The van der Waals surface area contributed by atoms with Crippen LogP contribution >= 0.6 is 22.9 Å². The van der Waals surface area contributed by atoms with Crippen LogP contribution in [0.25, 0.3) is 16.9 Å². The molecule has 1 aromatic carbocycles. The van der Waals surface area contributed by atoms with Crippen LogP contribution in [-0.2, 0) is 11.3 Å². The third kappa shape index (κ3) is 3.34. The van der Waals surface area contributed by atoms with Gasteiger partial charge in [-0.05, 0) is 42.6 Å². The molecule has 8 heteroatoms. The molecule has 0 saturated heterocycles. The molecule has 0 amide bonds. The van der Waals surface area contributed by atoms with E-state index in [1.54, 1.807) is 6.92 Å². The fourth-order valence-electron chi connectivity index (χ4n) is 2.88. The summed E-state index contributed by atoms with van der Waals surface area (Å²) in [4.78, 5) is 13.6. The van der Waals surface area contributed by atoms with E-state index >= 15 is 0 Å². The first-order valence-electron chi connectivity index (χ1n) is 8.33. The van der Waals surface area contributed by atoms with Crippen molar-refractivity contribution in [1.29, 1.82) is 0 Å². The summed E-state index contributed by atoms with van der Waals surface area (Å²) in [6.07, 6.45) is 3.83. The fraction of sp³-hybridized carbons (Fsp3) is 0.100. The molecule has 0 bridgehead atoms. The average molecular weight is 417 g/mol. The maximum Gasteiger partial charge on any atom is 0.344 e. The van der Waals surface area contributed by atoms with Crippen molar-refractivity contribution in [2.24, 2.45) is 0 Å². The largest absolute Gasteiger partial charge is 0.456 e. The molecule has 0 N–H and O–H groups in total. The lowest BCUT2D eigenvalue weighted by molar-refractivity contribution is 0.0475. The van der Waals surface area contributed by atoms with Gasteiger partial charge in [0.1, 0.15) is 29.4 Å². The molecule has 0 spiro atoms. The molecule has 5 nitrogen and oxygen atoms in total. The fourth-order valence-corrected chi connectivity index (χ4v) is 3.91. The van der Waals surface area contributed by atoms with Gasteiger partial charge in [0.05, 0.1) is 21.2 Å². The van der Waals surface area contributed by atoms with Crippen LogP contribution in [0, 0.1) is 12.7 Å². The van der Waals surface area contributed by atoms with Crippen molar-refractivity contribution in [1.82, 2.24) is 9.72 Å². The van der Waals surface area contributed by atoms with Crippen LogP contribution in [0.5, 0.6) is 0 Å². The number of hydrogen-bond donors (Lipinski definition) is 0. The summed E-state index contributed by atoms with van der Waals surface area (Å²) in [5.74, 6) is -1.01. The van der Waals surface area contributed by atoms with Gasteiger partial charge in [0, 0.05) is 12.4 Å². The number of benzene rings is 1. The van der Waals surface area contributed by atoms with Gasteiger partial charge in [-0.25, -0.2) is 9.18 Å². The summed E-state index contributed by atoms with van der Waals surface area (Å²) >= 11 is 7.59. The van der Waals surface area contributed by atoms with E-state index in [9.17, 15) is 9.18 Å². The maximum absolute atomic E-state index is 14.3. The van der Waals surface area contributed by atoms with Gasteiger partial charge in [-0.15, -0.1) is 11.3 Å². The number of esters is 1. The van der Waals surface area contributed by atoms with Gasteiger partial charge in [0.15, 0.2) is 0 Å². The van der Waals surface area contributed by atoms with Crippen molar-refractivity contribution in [3.8, 4) is 16.9 Å². The first kappa shape index (κ1) is 18.5. The minimum Gasteiger partial charge on any atom is -0.456 e. The van der Waals surface area contributed by atoms with Crippen LogP contribution < -0.4 is 0 Å². The van der Waals surface area contributed by atoms with Gasteiger partial charge < -0.3 is 13.8 Å². The number of halogens is 2. The molecule has 4 rings (SSSR count). The molecule has 0 unspecified atom stereocenters. The Morgan fingerprint density at radius 3 is 2.82 bits per heavy atom. The first-order chi connectivity index (χ1) is 13.6. The topological polar surface area (TPSA) is 57.3 Å². The van der Waals surface area contributed by atoms with E-state index in [1.165, 1.54) is 29.5 Å². The average Bonchev–Trinajstić information content (AvgIpc) is 3.40. The van der Waals surface area contributed by atoms with Crippen molar-refractivity contribution >= 4 is 28.9 Å². The van der Waals surface area contributed by atoms with E-state index in [1.807, 2.05) is 40.5 Å². The molecule has 4 aromatic rings. The number of aryl methyl sites for hydroxylation is 1. The molecule has 0 aliphatic heterocycles. The number of aromatic nitrogens is 2. The highest BCUT2D eigenvalue weighted by Crippen LogP contribution is 2.34. The molecule has 0 aliphatic rings. The van der Waals surface area contributed by atoms with Gasteiger partial charge in [-0.2, -0.15) is 0 Å². The lowest BCUT2D eigenvalue weighted by Gasteiger charge is -2.08. The highest BCUT2D eigenvalue weighted by Gasteiger charge is 2.26. The molecule has 28 heavy (non-hydrogen) atoms. The molecule has 3 heterocycles. The summed E-state index contributed by atoms with van der Waals surface area (Å²) in [7, 11) is 0. The normalized spacial score (nSPS) is 11.0. The van der Waals surface area contributed by atoms with Crippen LogP contribution in [0.3, 0.4) is 0 Å². The second-order valence-electron chi connectivity index (χ2n) is 5.95. The van der Waals surface area contributed by atoms with Gasteiger partial charge in [-0.3, -0.25) is 0 Å². The SMILES string of the molecule is Cc1onc(-c2c(F)cccc2Cl)c1C(=O)OCc1sccc1-n1cccc1. The third-order valence-electron chi connectivity index (χ3n) is 4.21. The van der Waals surface area contributed by atoms with Crippen LogP contribution in [0.2, 0.25) is 5.02 Å². The van der Waals surface area contributed by atoms with Crippen molar-refractivity contribution in [3.05, 3.63) is 81.2 Å². The Bertz CT molecular complexity index is 1110. The number of ether oxygens (including phenoxy) is 1. The predicted molar refractivity (Wildman–Crippen MR) is 104 cm³/mol. The van der Waals surface area contributed by atoms with E-state index in [0.29, 0.717) is 0 Å². The second kappa shape index (κ2) is 7.61. The lowest BCUT2D eigenvalue weighted by atomic mass is 10.1. The summed E-state index contributed by atoms with van der Waals surface area (Å²) in [5, 5.41) is 5.89. The van der Waals surface area contributed by atoms with Crippen molar-refractivity contribution in [2.45, 2.75) is 13.5 Å². The Morgan fingerprint density at radius 1 is 1.29 bits per heavy atom. The molecule has 0 saturated carbocycles. The molecule has 0 radical (unpaired) electrons. The Labute approximate surface area is 168 Å². The van der Waals surface area contributed by atoms with Crippen LogP contribution in [0.1, 0.15) is 21.0 Å². The molecular formula is C20H14ClFN2O3S. The van der Waals surface area contributed by atoms with Gasteiger partial charge in [0.2, 0.25) is 0 Å². The summed E-state index contributed by atoms with van der Waals surface area (Å²) < 4.78 is 26.8. The van der Waals surface area contributed by atoms with Gasteiger partial charge in [0.25, 0.3) is 0 Å².